The van der Waals surface area contributed by atoms with Crippen molar-refractivity contribution < 1.29 is 9.18 Å². The molecule has 3 rings (SSSR count). The summed E-state index contributed by atoms with van der Waals surface area (Å²) in [6.07, 6.45) is 3.20. The summed E-state index contributed by atoms with van der Waals surface area (Å²) >= 11 is 3.06. The van der Waals surface area contributed by atoms with Crippen molar-refractivity contribution in [2.45, 2.75) is 0 Å². The third-order valence-corrected chi connectivity index (χ3v) is 3.52. The minimum absolute atomic E-state index is 0.250. The third kappa shape index (κ3) is 2.90. The molecule has 4 nitrogen and oxygen atoms in total. The second-order valence-electron chi connectivity index (χ2n) is 4.34. The van der Waals surface area contributed by atoms with Gasteiger partial charge in [-0.15, -0.1) is 0 Å². The molecule has 0 atom stereocenters. The Labute approximate surface area is 128 Å². The van der Waals surface area contributed by atoms with E-state index in [2.05, 4.69) is 31.2 Å². The number of anilines is 1. The van der Waals surface area contributed by atoms with Crippen LogP contribution < -0.4 is 5.32 Å². The van der Waals surface area contributed by atoms with E-state index in [1.165, 1.54) is 18.2 Å². The number of carbonyl (C=O) groups is 1. The molecule has 0 spiro atoms. The summed E-state index contributed by atoms with van der Waals surface area (Å²) in [4.78, 5) is 20.5. The maximum Gasteiger partial charge on any atom is 0.255 e. The van der Waals surface area contributed by atoms with E-state index >= 15 is 0 Å². The maximum atomic E-state index is 13.2. The molecule has 1 N–H and O–H groups in total. The first-order chi connectivity index (χ1) is 10.1. The molecule has 0 fully saturated rings. The van der Waals surface area contributed by atoms with E-state index in [4.69, 9.17) is 0 Å². The number of hydrogen-bond donors (Lipinski definition) is 1. The molecule has 0 radical (unpaired) electrons. The average Bonchev–Trinajstić information content (AvgIpc) is 2.50. The molecule has 1 amide bonds. The SMILES string of the molecule is O=C(Nc1ccc2nccnc2c1)c1ccc(F)c(Br)c1. The van der Waals surface area contributed by atoms with Crippen LogP contribution in [0.1, 0.15) is 10.4 Å². The van der Waals surface area contributed by atoms with Gasteiger partial charge in [0.25, 0.3) is 5.91 Å². The number of hydrogen-bond acceptors (Lipinski definition) is 3. The normalized spacial score (nSPS) is 10.6. The van der Waals surface area contributed by atoms with Gasteiger partial charge in [-0.2, -0.15) is 0 Å². The topological polar surface area (TPSA) is 54.9 Å². The van der Waals surface area contributed by atoms with Crippen molar-refractivity contribution in [2.75, 3.05) is 5.32 Å². The van der Waals surface area contributed by atoms with Gasteiger partial charge < -0.3 is 5.32 Å². The van der Waals surface area contributed by atoms with E-state index in [-0.39, 0.29) is 10.4 Å². The summed E-state index contributed by atoms with van der Waals surface area (Å²) in [6, 6.07) is 9.36. The third-order valence-electron chi connectivity index (χ3n) is 2.91. The number of amides is 1. The zero-order chi connectivity index (χ0) is 14.8. The Kier molecular flexibility index (Phi) is 3.62. The number of nitrogens with one attached hydrogen (secondary N) is 1. The van der Waals surface area contributed by atoms with E-state index < -0.39 is 5.82 Å². The van der Waals surface area contributed by atoms with Crippen molar-refractivity contribution in [3.63, 3.8) is 0 Å². The molecule has 0 aliphatic rings. The van der Waals surface area contributed by atoms with Crippen LogP contribution in [0.15, 0.2) is 53.3 Å². The fourth-order valence-corrected chi connectivity index (χ4v) is 2.26. The Balaban J connectivity index is 1.87. The highest BCUT2D eigenvalue weighted by atomic mass is 79.9. The molecule has 21 heavy (non-hydrogen) atoms. The fraction of sp³-hybridized carbons (Fsp3) is 0. The van der Waals surface area contributed by atoms with E-state index in [9.17, 15) is 9.18 Å². The number of carbonyl (C=O) groups excluding carboxylic acids is 1. The van der Waals surface area contributed by atoms with E-state index in [0.29, 0.717) is 16.8 Å². The van der Waals surface area contributed by atoms with Gasteiger partial charge in [-0.1, -0.05) is 0 Å². The molecule has 6 heteroatoms. The van der Waals surface area contributed by atoms with Crippen LogP contribution in [-0.2, 0) is 0 Å². The van der Waals surface area contributed by atoms with Crippen LogP contribution >= 0.6 is 15.9 Å². The zero-order valence-electron chi connectivity index (χ0n) is 10.7. The molecule has 1 heterocycles. The van der Waals surface area contributed by atoms with Crippen LogP contribution in [0.2, 0.25) is 0 Å². The van der Waals surface area contributed by atoms with Gasteiger partial charge in [0.15, 0.2) is 0 Å². The van der Waals surface area contributed by atoms with Crippen molar-refractivity contribution in [3.05, 3.63) is 64.6 Å². The van der Waals surface area contributed by atoms with E-state index in [1.54, 1.807) is 30.6 Å². The predicted octanol–water partition coefficient (Wildman–Crippen LogP) is 3.78. The summed E-state index contributed by atoms with van der Waals surface area (Å²) in [5.74, 6) is -0.730. The van der Waals surface area contributed by atoms with Gasteiger partial charge in [0.1, 0.15) is 5.82 Å². The molecule has 0 unspecified atom stereocenters. The van der Waals surface area contributed by atoms with Crippen LogP contribution in [0.5, 0.6) is 0 Å². The second-order valence-corrected chi connectivity index (χ2v) is 5.20. The standard InChI is InChI=1S/C15H9BrFN3O/c16-11-7-9(1-3-12(11)17)15(21)20-10-2-4-13-14(8-10)19-6-5-18-13/h1-8H,(H,20,21). The lowest BCUT2D eigenvalue weighted by atomic mass is 10.2. The lowest BCUT2D eigenvalue weighted by Crippen LogP contribution is -2.12. The van der Waals surface area contributed by atoms with Gasteiger partial charge in [0, 0.05) is 23.6 Å². The number of benzene rings is 2. The summed E-state index contributed by atoms with van der Waals surface area (Å²) in [6.45, 7) is 0. The van der Waals surface area contributed by atoms with E-state index in [1.807, 2.05) is 0 Å². The molecule has 0 aliphatic carbocycles. The van der Waals surface area contributed by atoms with Gasteiger partial charge >= 0.3 is 0 Å². The minimum atomic E-state index is -0.410. The average molecular weight is 346 g/mol. The van der Waals surface area contributed by atoms with Gasteiger partial charge in [0.05, 0.1) is 15.5 Å². The van der Waals surface area contributed by atoms with Crippen molar-refractivity contribution >= 4 is 38.6 Å². The van der Waals surface area contributed by atoms with Crippen molar-refractivity contribution in [3.8, 4) is 0 Å². The molecule has 0 saturated carbocycles. The van der Waals surface area contributed by atoms with E-state index in [0.717, 1.165) is 5.52 Å². The molecular weight excluding hydrogens is 337 g/mol. The van der Waals surface area contributed by atoms with Gasteiger partial charge in [0.2, 0.25) is 0 Å². The Hall–Kier alpha value is -2.34. The second kappa shape index (κ2) is 5.57. The van der Waals surface area contributed by atoms with Crippen molar-refractivity contribution in [2.24, 2.45) is 0 Å². The van der Waals surface area contributed by atoms with Crippen molar-refractivity contribution in [1.29, 1.82) is 0 Å². The van der Waals surface area contributed by atoms with Crippen LogP contribution in [0.4, 0.5) is 10.1 Å². The lowest BCUT2D eigenvalue weighted by Gasteiger charge is -2.06. The minimum Gasteiger partial charge on any atom is -0.322 e. The highest BCUT2D eigenvalue weighted by Gasteiger charge is 2.09. The number of aromatic nitrogens is 2. The van der Waals surface area contributed by atoms with Crippen LogP contribution in [0, 0.1) is 5.82 Å². The first-order valence-corrected chi connectivity index (χ1v) is 6.90. The smallest absolute Gasteiger partial charge is 0.255 e. The largest absolute Gasteiger partial charge is 0.322 e. The van der Waals surface area contributed by atoms with Gasteiger partial charge in [-0.3, -0.25) is 14.8 Å². The fourth-order valence-electron chi connectivity index (χ4n) is 1.88. The summed E-state index contributed by atoms with van der Waals surface area (Å²) in [5, 5.41) is 2.75. The molecule has 0 saturated heterocycles. The monoisotopic (exact) mass is 345 g/mol. The maximum absolute atomic E-state index is 13.2. The number of nitrogens with zero attached hydrogens (tertiary/aromatic N) is 2. The number of halogens is 2. The molecule has 0 aliphatic heterocycles. The van der Waals surface area contributed by atoms with Crippen LogP contribution in [-0.4, -0.2) is 15.9 Å². The summed E-state index contributed by atoms with van der Waals surface area (Å²) < 4.78 is 13.4. The molecule has 1 aromatic heterocycles. The number of fused-ring (bicyclic) bond motifs is 1. The summed E-state index contributed by atoms with van der Waals surface area (Å²) in [7, 11) is 0. The van der Waals surface area contributed by atoms with Crippen LogP contribution in [0.3, 0.4) is 0 Å². The Morgan fingerprint density at radius 1 is 1.05 bits per heavy atom. The molecule has 3 aromatic rings. The van der Waals surface area contributed by atoms with Crippen molar-refractivity contribution in [1.82, 2.24) is 9.97 Å². The Bertz CT molecular complexity index is 838. The Morgan fingerprint density at radius 3 is 2.57 bits per heavy atom. The molecule has 0 bridgehead atoms. The summed E-state index contributed by atoms with van der Waals surface area (Å²) in [5.41, 5.74) is 2.41. The van der Waals surface area contributed by atoms with Gasteiger partial charge in [-0.05, 0) is 52.3 Å². The molecule has 2 aromatic carbocycles. The number of rotatable bonds is 2. The Morgan fingerprint density at radius 2 is 1.81 bits per heavy atom. The first kappa shape index (κ1) is 13.6. The highest BCUT2D eigenvalue weighted by molar-refractivity contribution is 9.10. The molecule has 104 valence electrons. The first-order valence-electron chi connectivity index (χ1n) is 6.11. The zero-order valence-corrected chi connectivity index (χ0v) is 12.3. The highest BCUT2D eigenvalue weighted by Crippen LogP contribution is 2.19. The van der Waals surface area contributed by atoms with Gasteiger partial charge in [-0.25, -0.2) is 4.39 Å². The lowest BCUT2D eigenvalue weighted by molar-refractivity contribution is 0.102. The quantitative estimate of drug-likeness (QED) is 0.768. The molecular formula is C15H9BrFN3O. The van der Waals surface area contributed by atoms with Crippen LogP contribution in [0.25, 0.3) is 11.0 Å². The predicted molar refractivity (Wildman–Crippen MR) is 81.6 cm³/mol.